The average Bonchev–Trinajstić information content (AvgIpc) is 2.07. The van der Waals surface area contributed by atoms with Crippen LogP contribution in [0.25, 0.3) is 6.08 Å². The quantitative estimate of drug-likeness (QED) is 0.685. The Bertz CT molecular complexity index is 295. The molecule has 1 aromatic heterocycles. The molecule has 0 aliphatic carbocycles. The minimum atomic E-state index is 0.0355. The number of rotatable bonds is 2. The Balaban J connectivity index is 2.89. The topological polar surface area (TPSA) is 59.1 Å². The standard InChI is InChI=1S/C9H12N2O/c1-7-9(10)5-8(6-11-7)3-2-4-12/h2-3,5-6,12H,4,10H2,1H3. The number of nitrogen functional groups attached to an aromatic ring is 1. The fraction of sp³-hybridized carbons (Fsp3) is 0.222. The number of hydrogen-bond acceptors (Lipinski definition) is 3. The third-order valence-corrected chi connectivity index (χ3v) is 1.56. The highest BCUT2D eigenvalue weighted by Crippen LogP contribution is 2.10. The Morgan fingerprint density at radius 2 is 2.42 bits per heavy atom. The first kappa shape index (κ1) is 8.74. The van der Waals surface area contributed by atoms with Crippen molar-refractivity contribution in [1.82, 2.24) is 4.98 Å². The van der Waals surface area contributed by atoms with Crippen LogP contribution < -0.4 is 5.73 Å². The SMILES string of the molecule is Cc1ncc(C=CCO)cc1N. The zero-order valence-electron chi connectivity index (χ0n) is 6.99. The van der Waals surface area contributed by atoms with Gasteiger partial charge >= 0.3 is 0 Å². The molecule has 3 N–H and O–H groups in total. The molecule has 0 aliphatic rings. The number of hydrogen-bond donors (Lipinski definition) is 2. The Morgan fingerprint density at radius 1 is 1.67 bits per heavy atom. The summed E-state index contributed by atoms with van der Waals surface area (Å²) in [7, 11) is 0. The molecule has 0 aliphatic heterocycles. The van der Waals surface area contributed by atoms with Crippen molar-refractivity contribution in [3.63, 3.8) is 0 Å². The monoisotopic (exact) mass is 164 g/mol. The molecular formula is C9H12N2O. The van der Waals surface area contributed by atoms with E-state index in [0.717, 1.165) is 11.3 Å². The van der Waals surface area contributed by atoms with Crippen molar-refractivity contribution < 1.29 is 5.11 Å². The lowest BCUT2D eigenvalue weighted by atomic mass is 10.2. The van der Waals surface area contributed by atoms with Gasteiger partial charge in [0, 0.05) is 6.20 Å². The van der Waals surface area contributed by atoms with Crippen molar-refractivity contribution in [3.8, 4) is 0 Å². The fourth-order valence-corrected chi connectivity index (χ4v) is 0.847. The number of aryl methyl sites for hydroxylation is 1. The molecule has 0 saturated carbocycles. The first-order valence-corrected chi connectivity index (χ1v) is 3.73. The summed E-state index contributed by atoms with van der Waals surface area (Å²) in [5, 5.41) is 8.51. The predicted octanol–water partition coefficient (Wildman–Crippen LogP) is 0.978. The second-order valence-electron chi connectivity index (χ2n) is 2.53. The van der Waals surface area contributed by atoms with Crippen LogP contribution in [0.1, 0.15) is 11.3 Å². The van der Waals surface area contributed by atoms with Gasteiger partial charge in [0.05, 0.1) is 18.0 Å². The molecule has 3 heteroatoms. The van der Waals surface area contributed by atoms with Gasteiger partial charge in [0.1, 0.15) is 0 Å². The normalized spacial score (nSPS) is 10.8. The first-order valence-electron chi connectivity index (χ1n) is 3.73. The zero-order valence-corrected chi connectivity index (χ0v) is 6.99. The minimum Gasteiger partial charge on any atom is -0.397 e. The van der Waals surface area contributed by atoms with Crippen LogP contribution in [-0.4, -0.2) is 16.7 Å². The highest BCUT2D eigenvalue weighted by Gasteiger charge is 1.93. The van der Waals surface area contributed by atoms with Gasteiger partial charge in [0.15, 0.2) is 0 Å². The van der Waals surface area contributed by atoms with Crippen LogP contribution in [0.5, 0.6) is 0 Å². The maximum Gasteiger partial charge on any atom is 0.0615 e. The number of aliphatic hydroxyl groups is 1. The van der Waals surface area contributed by atoms with Crippen LogP contribution in [0.15, 0.2) is 18.3 Å². The van der Waals surface area contributed by atoms with E-state index >= 15 is 0 Å². The van der Waals surface area contributed by atoms with E-state index in [2.05, 4.69) is 4.98 Å². The third kappa shape index (κ3) is 2.07. The maximum atomic E-state index is 8.51. The molecule has 12 heavy (non-hydrogen) atoms. The van der Waals surface area contributed by atoms with Gasteiger partial charge in [0.25, 0.3) is 0 Å². The average molecular weight is 164 g/mol. The lowest BCUT2D eigenvalue weighted by molar-refractivity contribution is 0.343. The Hall–Kier alpha value is -1.35. The predicted molar refractivity (Wildman–Crippen MR) is 49.5 cm³/mol. The van der Waals surface area contributed by atoms with Gasteiger partial charge in [-0.25, -0.2) is 0 Å². The van der Waals surface area contributed by atoms with Crippen molar-refractivity contribution in [2.24, 2.45) is 0 Å². The summed E-state index contributed by atoms with van der Waals surface area (Å²) in [4.78, 5) is 4.07. The van der Waals surface area contributed by atoms with Gasteiger partial charge in [-0.3, -0.25) is 4.98 Å². The second-order valence-corrected chi connectivity index (χ2v) is 2.53. The molecule has 1 aromatic rings. The van der Waals surface area contributed by atoms with Gasteiger partial charge in [0.2, 0.25) is 0 Å². The summed E-state index contributed by atoms with van der Waals surface area (Å²) in [5.41, 5.74) is 8.05. The molecule has 1 rings (SSSR count). The molecule has 0 amide bonds. The van der Waals surface area contributed by atoms with Crippen molar-refractivity contribution in [1.29, 1.82) is 0 Å². The Morgan fingerprint density at radius 3 is 3.00 bits per heavy atom. The van der Waals surface area contributed by atoms with E-state index in [-0.39, 0.29) is 6.61 Å². The maximum absolute atomic E-state index is 8.51. The van der Waals surface area contributed by atoms with Gasteiger partial charge in [-0.2, -0.15) is 0 Å². The summed E-state index contributed by atoms with van der Waals surface area (Å²) in [6, 6.07) is 1.83. The summed E-state index contributed by atoms with van der Waals surface area (Å²) < 4.78 is 0. The van der Waals surface area contributed by atoms with Crippen molar-refractivity contribution in [2.45, 2.75) is 6.92 Å². The molecule has 1 heterocycles. The number of aliphatic hydroxyl groups excluding tert-OH is 1. The lowest BCUT2D eigenvalue weighted by Crippen LogP contribution is -1.92. The van der Waals surface area contributed by atoms with Crippen molar-refractivity contribution in [3.05, 3.63) is 29.6 Å². The molecule has 0 atom stereocenters. The largest absolute Gasteiger partial charge is 0.397 e. The lowest BCUT2D eigenvalue weighted by Gasteiger charge is -1.99. The van der Waals surface area contributed by atoms with Crippen LogP contribution >= 0.6 is 0 Å². The molecule has 0 spiro atoms. The Kier molecular flexibility index (Phi) is 2.82. The van der Waals surface area contributed by atoms with E-state index < -0.39 is 0 Å². The zero-order chi connectivity index (χ0) is 8.97. The Labute approximate surface area is 71.6 Å². The molecular weight excluding hydrogens is 152 g/mol. The molecule has 0 radical (unpaired) electrons. The minimum absolute atomic E-state index is 0.0355. The highest BCUT2D eigenvalue weighted by atomic mass is 16.2. The number of anilines is 1. The van der Waals surface area contributed by atoms with E-state index in [0.29, 0.717) is 5.69 Å². The van der Waals surface area contributed by atoms with Gasteiger partial charge < -0.3 is 10.8 Å². The summed E-state index contributed by atoms with van der Waals surface area (Å²) in [6.07, 6.45) is 5.15. The number of pyridine rings is 1. The summed E-state index contributed by atoms with van der Waals surface area (Å²) in [5.74, 6) is 0. The van der Waals surface area contributed by atoms with Crippen molar-refractivity contribution in [2.75, 3.05) is 12.3 Å². The van der Waals surface area contributed by atoms with Gasteiger partial charge in [-0.1, -0.05) is 12.2 Å². The molecule has 0 saturated heterocycles. The van der Waals surface area contributed by atoms with Gasteiger partial charge in [-0.05, 0) is 18.6 Å². The van der Waals surface area contributed by atoms with Crippen LogP contribution in [0.2, 0.25) is 0 Å². The van der Waals surface area contributed by atoms with E-state index in [1.165, 1.54) is 0 Å². The molecule has 0 aromatic carbocycles. The number of nitrogens with two attached hydrogens (primary N) is 1. The molecule has 64 valence electrons. The van der Waals surface area contributed by atoms with E-state index in [1.54, 1.807) is 18.3 Å². The third-order valence-electron chi connectivity index (χ3n) is 1.56. The molecule has 0 bridgehead atoms. The molecule has 0 unspecified atom stereocenters. The highest BCUT2D eigenvalue weighted by molar-refractivity contribution is 5.55. The smallest absolute Gasteiger partial charge is 0.0615 e. The van der Waals surface area contributed by atoms with Gasteiger partial charge in [-0.15, -0.1) is 0 Å². The second kappa shape index (κ2) is 3.88. The number of nitrogens with zero attached hydrogens (tertiary/aromatic N) is 1. The van der Waals surface area contributed by atoms with Crippen LogP contribution in [0.4, 0.5) is 5.69 Å². The van der Waals surface area contributed by atoms with E-state index in [4.69, 9.17) is 10.8 Å². The fourth-order valence-electron chi connectivity index (χ4n) is 0.847. The van der Waals surface area contributed by atoms with Crippen LogP contribution in [-0.2, 0) is 0 Å². The van der Waals surface area contributed by atoms with Crippen molar-refractivity contribution >= 4 is 11.8 Å². The first-order chi connectivity index (χ1) is 5.74. The summed E-state index contributed by atoms with van der Waals surface area (Å²) in [6.45, 7) is 1.89. The number of aromatic nitrogens is 1. The van der Waals surface area contributed by atoms with Crippen LogP contribution in [0.3, 0.4) is 0 Å². The summed E-state index contributed by atoms with van der Waals surface area (Å²) >= 11 is 0. The van der Waals surface area contributed by atoms with E-state index in [1.807, 2.05) is 13.0 Å². The van der Waals surface area contributed by atoms with Crippen LogP contribution in [0, 0.1) is 6.92 Å². The molecule has 3 nitrogen and oxygen atoms in total. The van der Waals surface area contributed by atoms with E-state index in [9.17, 15) is 0 Å². The molecule has 0 fully saturated rings.